The molecule has 3 aromatic carbocycles. The Morgan fingerprint density at radius 2 is 1.31 bits per heavy atom. The van der Waals surface area contributed by atoms with Crippen molar-refractivity contribution in [2.24, 2.45) is 0 Å². The molecule has 176 valence electrons. The molecule has 0 spiro atoms. The zero-order chi connectivity index (χ0) is 24.3. The van der Waals surface area contributed by atoms with Crippen LogP contribution in [0.4, 0.5) is 0 Å². The zero-order valence-corrected chi connectivity index (χ0v) is 21.1. The molecule has 2 aliphatic rings. The van der Waals surface area contributed by atoms with E-state index in [4.69, 9.17) is 0 Å². The molecule has 0 heterocycles. The summed E-state index contributed by atoms with van der Waals surface area (Å²) in [4.78, 5) is 0.136. The maximum atomic E-state index is 12.6. The van der Waals surface area contributed by atoms with Gasteiger partial charge in [0.2, 0.25) is 0 Å². The molecule has 35 heavy (non-hydrogen) atoms. The lowest BCUT2D eigenvalue weighted by molar-refractivity contribution is 0.489. The van der Waals surface area contributed by atoms with Crippen LogP contribution in [0, 0.1) is 0 Å². The van der Waals surface area contributed by atoms with Crippen LogP contribution >= 0.6 is 7.92 Å². The third-order valence-corrected chi connectivity index (χ3v) is 10.2. The number of allylic oxidation sites excluding steroid dienone is 8. The molecule has 3 nitrogen and oxygen atoms in total. The average Bonchev–Trinajstić information content (AvgIpc) is 2.90. The highest BCUT2D eigenvalue weighted by Crippen LogP contribution is 2.51. The van der Waals surface area contributed by atoms with Crippen molar-refractivity contribution in [3.05, 3.63) is 125 Å². The molecule has 0 fully saturated rings. The molecule has 0 amide bonds. The Labute approximate surface area is 208 Å². The van der Waals surface area contributed by atoms with Crippen molar-refractivity contribution >= 4 is 34.2 Å². The van der Waals surface area contributed by atoms with Gasteiger partial charge in [-0.25, -0.2) is 0 Å². The van der Waals surface area contributed by atoms with Crippen LogP contribution in [0.5, 0.6) is 0 Å². The number of benzene rings is 3. The van der Waals surface area contributed by atoms with E-state index in [2.05, 4.69) is 54.6 Å². The molecular weight excluding hydrogens is 471 g/mol. The third kappa shape index (κ3) is 5.01. The summed E-state index contributed by atoms with van der Waals surface area (Å²) in [6.45, 7) is 0. The van der Waals surface area contributed by atoms with E-state index in [1.165, 1.54) is 0 Å². The Morgan fingerprint density at radius 1 is 0.686 bits per heavy atom. The van der Waals surface area contributed by atoms with Crippen LogP contribution in [-0.4, -0.2) is 13.0 Å². The van der Waals surface area contributed by atoms with Crippen LogP contribution in [0.15, 0.2) is 119 Å². The maximum Gasteiger partial charge on any atom is 0.291 e. The minimum absolute atomic E-state index is 0.136. The van der Waals surface area contributed by atoms with E-state index in [1.807, 2.05) is 54.6 Å². The molecule has 5 rings (SSSR count). The van der Waals surface area contributed by atoms with E-state index in [1.54, 1.807) is 0 Å². The van der Waals surface area contributed by atoms with E-state index >= 15 is 0 Å². The fraction of sp³-hybridized carbons (Fsp3) is 0.133. The van der Waals surface area contributed by atoms with Gasteiger partial charge in [0, 0.05) is 5.31 Å². The van der Waals surface area contributed by atoms with Gasteiger partial charge in [-0.3, -0.25) is 4.55 Å². The lowest BCUT2D eigenvalue weighted by Crippen LogP contribution is -2.21. The molecule has 5 heteroatoms. The predicted octanol–water partition coefficient (Wildman–Crippen LogP) is 6.97. The Bertz CT molecular complexity index is 1460. The van der Waals surface area contributed by atoms with Crippen LogP contribution in [0.2, 0.25) is 0 Å². The molecule has 2 aliphatic carbocycles. The number of hydrogen-bond acceptors (Lipinski definition) is 2. The lowest BCUT2D eigenvalue weighted by atomic mass is 10.00. The molecule has 1 unspecified atom stereocenters. The standard InChI is InChI=1S/C30H27O3PS/c31-35(32,33)30-22-12-11-21-29(30)34(27-19-9-7-17-25(27)23-13-3-1-4-14-23)28-20-10-8-18-26(28)24-15-5-2-6-16-24/h1,3-5,7-11,13-21H,2,6,12,22H2,(H,31,32,33). The maximum absolute atomic E-state index is 12.6. The second-order valence-electron chi connectivity index (χ2n) is 8.60. The summed E-state index contributed by atoms with van der Waals surface area (Å²) in [6, 6.07) is 26.7. The van der Waals surface area contributed by atoms with Crippen molar-refractivity contribution in [2.45, 2.75) is 25.7 Å². The summed E-state index contributed by atoms with van der Waals surface area (Å²) in [5, 5.41) is 2.86. The molecule has 0 aliphatic heterocycles. The molecule has 1 atom stereocenters. The second kappa shape index (κ2) is 10.3. The SMILES string of the molecule is O=S(=O)(O)C1=C(P(c2ccccc2C2=CCCC=C2)c2ccccc2-c2ccccc2)C=CCC1. The van der Waals surface area contributed by atoms with Crippen LogP contribution in [0.1, 0.15) is 31.2 Å². The van der Waals surface area contributed by atoms with Crippen LogP contribution in [0.25, 0.3) is 16.7 Å². The monoisotopic (exact) mass is 498 g/mol. The minimum Gasteiger partial charge on any atom is -0.282 e. The van der Waals surface area contributed by atoms with Gasteiger partial charge in [0.25, 0.3) is 10.1 Å². The molecule has 3 aromatic rings. The molecule has 1 N–H and O–H groups in total. The van der Waals surface area contributed by atoms with E-state index < -0.39 is 18.0 Å². The molecule has 0 saturated carbocycles. The first-order chi connectivity index (χ1) is 17.0. The van der Waals surface area contributed by atoms with Crippen molar-refractivity contribution in [3.8, 4) is 11.1 Å². The van der Waals surface area contributed by atoms with Gasteiger partial charge in [0.05, 0.1) is 4.91 Å². The summed E-state index contributed by atoms with van der Waals surface area (Å²) in [5.41, 5.74) is 4.42. The molecule has 0 bridgehead atoms. The van der Waals surface area contributed by atoms with Gasteiger partial charge >= 0.3 is 0 Å². The van der Waals surface area contributed by atoms with Gasteiger partial charge in [0.1, 0.15) is 0 Å². The van der Waals surface area contributed by atoms with Gasteiger partial charge in [-0.15, -0.1) is 0 Å². The van der Waals surface area contributed by atoms with Crippen molar-refractivity contribution in [3.63, 3.8) is 0 Å². The Morgan fingerprint density at radius 3 is 2.00 bits per heavy atom. The first-order valence-electron chi connectivity index (χ1n) is 11.8. The summed E-state index contributed by atoms with van der Waals surface area (Å²) >= 11 is 0. The first-order valence-corrected chi connectivity index (χ1v) is 14.6. The summed E-state index contributed by atoms with van der Waals surface area (Å²) in [6.07, 6.45) is 13.5. The van der Waals surface area contributed by atoms with E-state index in [0.717, 1.165) is 45.7 Å². The first kappa shape index (κ1) is 23.7. The Kier molecular flexibility index (Phi) is 6.97. The zero-order valence-electron chi connectivity index (χ0n) is 19.3. The van der Waals surface area contributed by atoms with Gasteiger partial charge in [0.15, 0.2) is 0 Å². The molecule has 0 radical (unpaired) electrons. The third-order valence-electron chi connectivity index (χ3n) is 6.33. The Hall–Kier alpha value is -3.04. The lowest BCUT2D eigenvalue weighted by Gasteiger charge is -2.28. The van der Waals surface area contributed by atoms with Crippen molar-refractivity contribution in [1.82, 2.24) is 0 Å². The largest absolute Gasteiger partial charge is 0.291 e. The molecular formula is C30H27O3PS. The molecule has 0 aromatic heterocycles. The highest BCUT2D eigenvalue weighted by atomic mass is 32.2. The fourth-order valence-corrected chi connectivity index (χ4v) is 8.82. The van der Waals surface area contributed by atoms with Crippen LogP contribution in [0.3, 0.4) is 0 Å². The van der Waals surface area contributed by atoms with E-state index in [9.17, 15) is 13.0 Å². The Balaban J connectivity index is 1.82. The van der Waals surface area contributed by atoms with Crippen molar-refractivity contribution < 1.29 is 13.0 Å². The van der Waals surface area contributed by atoms with Crippen molar-refractivity contribution in [2.75, 3.05) is 0 Å². The average molecular weight is 499 g/mol. The summed E-state index contributed by atoms with van der Waals surface area (Å²) in [7, 11) is -5.62. The van der Waals surface area contributed by atoms with Gasteiger partial charge in [-0.05, 0) is 66.5 Å². The van der Waals surface area contributed by atoms with Crippen molar-refractivity contribution in [1.29, 1.82) is 0 Å². The summed E-state index contributed by atoms with van der Waals surface area (Å²) in [5.74, 6) is 0. The predicted molar refractivity (Wildman–Crippen MR) is 148 cm³/mol. The van der Waals surface area contributed by atoms with Gasteiger partial charge in [-0.1, -0.05) is 109 Å². The topological polar surface area (TPSA) is 54.4 Å². The number of rotatable bonds is 6. The highest BCUT2D eigenvalue weighted by molar-refractivity contribution is 7.90. The van der Waals surface area contributed by atoms with Gasteiger partial charge < -0.3 is 0 Å². The fourth-order valence-electron chi connectivity index (χ4n) is 4.74. The molecule has 0 saturated heterocycles. The van der Waals surface area contributed by atoms with Crippen LogP contribution < -0.4 is 10.6 Å². The van der Waals surface area contributed by atoms with Gasteiger partial charge in [-0.2, -0.15) is 8.42 Å². The van der Waals surface area contributed by atoms with Crippen LogP contribution in [-0.2, 0) is 10.1 Å². The smallest absolute Gasteiger partial charge is 0.282 e. The second-order valence-corrected chi connectivity index (χ2v) is 12.2. The quantitative estimate of drug-likeness (QED) is 0.295. The minimum atomic E-state index is -4.34. The number of hydrogen-bond donors (Lipinski definition) is 1. The highest BCUT2D eigenvalue weighted by Gasteiger charge is 2.30. The van der Waals surface area contributed by atoms with E-state index in [-0.39, 0.29) is 4.91 Å². The summed E-state index contributed by atoms with van der Waals surface area (Å²) < 4.78 is 35.3. The van der Waals surface area contributed by atoms with E-state index in [0.29, 0.717) is 18.2 Å². The normalized spacial score (nSPS) is 16.8.